The van der Waals surface area contributed by atoms with Crippen molar-refractivity contribution in [3.05, 3.63) is 165 Å². The normalized spacial score (nSPS) is 29.8. The van der Waals surface area contributed by atoms with Gasteiger partial charge in [0.25, 0.3) is 0 Å². The topological polar surface area (TPSA) is 16.4 Å². The second kappa shape index (κ2) is 12.6. The number of fused-ring (bicyclic) bond motifs is 12. The van der Waals surface area contributed by atoms with Crippen LogP contribution in [0.1, 0.15) is 106 Å². The maximum Gasteiger partial charge on any atom is 0.137 e. The van der Waals surface area contributed by atoms with Gasteiger partial charge in [-0.05, 0) is 177 Å². The van der Waals surface area contributed by atoms with E-state index in [1.165, 1.54) is 72.1 Å². The van der Waals surface area contributed by atoms with Gasteiger partial charge in [-0.2, -0.15) is 0 Å². The highest BCUT2D eigenvalue weighted by molar-refractivity contribution is 6.00. The molecule has 0 N–H and O–H groups in total. The second-order valence-corrected chi connectivity index (χ2v) is 17.6. The quantitative estimate of drug-likeness (QED) is 0.250. The highest BCUT2D eigenvalue weighted by atomic mass is 16.3. The van der Waals surface area contributed by atoms with Crippen LogP contribution in [0.2, 0.25) is 0 Å². The molecular weight excluding hydrogens is 667 g/mol. The summed E-state index contributed by atoms with van der Waals surface area (Å²) < 4.78 is 6.62. The first-order valence-electron chi connectivity index (χ1n) is 21.7. The van der Waals surface area contributed by atoms with Crippen LogP contribution < -0.4 is 4.90 Å². The van der Waals surface area contributed by atoms with Crippen molar-refractivity contribution in [1.82, 2.24) is 0 Å². The monoisotopic (exact) mass is 717 g/mol. The predicted molar refractivity (Wildman–Crippen MR) is 228 cm³/mol. The van der Waals surface area contributed by atoms with Crippen LogP contribution in [-0.2, 0) is 11.8 Å². The van der Waals surface area contributed by atoms with Crippen molar-refractivity contribution in [2.75, 3.05) is 4.90 Å². The van der Waals surface area contributed by atoms with Gasteiger partial charge in [-0.25, -0.2) is 0 Å². The third-order valence-electron chi connectivity index (χ3n) is 15.0. The van der Waals surface area contributed by atoms with Crippen LogP contribution in [0.4, 0.5) is 11.4 Å². The molecule has 9 aliphatic carbocycles. The Balaban J connectivity index is 1.09. The molecule has 2 aromatic carbocycles. The Hall–Kier alpha value is -4.82. The van der Waals surface area contributed by atoms with E-state index < -0.39 is 0 Å². The van der Waals surface area contributed by atoms with E-state index in [4.69, 9.17) is 4.42 Å². The number of rotatable bonds is 4. The van der Waals surface area contributed by atoms with E-state index in [9.17, 15) is 0 Å². The van der Waals surface area contributed by atoms with Crippen LogP contribution in [0.5, 0.6) is 0 Å². The molecule has 5 unspecified atom stereocenters. The van der Waals surface area contributed by atoms with Crippen LogP contribution in [0.15, 0.2) is 147 Å². The van der Waals surface area contributed by atoms with Crippen LogP contribution in [0.3, 0.4) is 0 Å². The maximum atomic E-state index is 6.62. The van der Waals surface area contributed by atoms with Crippen molar-refractivity contribution in [2.24, 2.45) is 23.7 Å². The third kappa shape index (κ3) is 4.67. The van der Waals surface area contributed by atoms with Gasteiger partial charge in [0.2, 0.25) is 0 Å². The Morgan fingerprint density at radius 1 is 0.727 bits per heavy atom. The minimum absolute atomic E-state index is 0.126. The Kier molecular flexibility index (Phi) is 7.43. The largest absolute Gasteiger partial charge is 0.456 e. The lowest BCUT2D eigenvalue weighted by Gasteiger charge is -2.42. The minimum Gasteiger partial charge on any atom is -0.456 e. The van der Waals surface area contributed by atoms with Crippen molar-refractivity contribution in [3.63, 3.8) is 0 Å². The minimum atomic E-state index is -0.126. The lowest BCUT2D eigenvalue weighted by molar-refractivity contribution is 0.261. The average Bonchev–Trinajstić information content (AvgIpc) is 3.88. The number of furan rings is 1. The summed E-state index contributed by atoms with van der Waals surface area (Å²) in [6.07, 6.45) is 48.6. The summed E-state index contributed by atoms with van der Waals surface area (Å²) in [4.78, 5) is 2.71. The predicted octanol–water partition coefficient (Wildman–Crippen LogP) is 14.0. The fraction of sp³-hybridized carbons (Fsp3) is 0.358. The van der Waals surface area contributed by atoms with Gasteiger partial charge in [-0.1, -0.05) is 90.6 Å². The Morgan fingerprint density at radius 3 is 2.62 bits per heavy atom. The van der Waals surface area contributed by atoms with E-state index in [-0.39, 0.29) is 5.41 Å². The number of benzene rings is 2. The van der Waals surface area contributed by atoms with Crippen molar-refractivity contribution in [2.45, 2.75) is 95.3 Å². The van der Waals surface area contributed by atoms with E-state index >= 15 is 0 Å². The van der Waals surface area contributed by atoms with Crippen LogP contribution in [-0.4, -0.2) is 0 Å². The second-order valence-electron chi connectivity index (χ2n) is 17.6. The first-order chi connectivity index (χ1) is 27.3. The van der Waals surface area contributed by atoms with Crippen LogP contribution >= 0.6 is 0 Å². The molecular formula is C53H51NO. The van der Waals surface area contributed by atoms with E-state index in [0.717, 1.165) is 62.7 Å². The third-order valence-corrected chi connectivity index (χ3v) is 15.0. The Labute approximate surface area is 326 Å². The fourth-order valence-electron chi connectivity index (χ4n) is 12.8. The first kappa shape index (κ1) is 32.4. The van der Waals surface area contributed by atoms with Crippen LogP contribution in [0, 0.1) is 23.7 Å². The van der Waals surface area contributed by atoms with Crippen LogP contribution in [0.25, 0.3) is 22.6 Å². The van der Waals surface area contributed by atoms with Gasteiger partial charge in [-0.15, -0.1) is 0 Å². The van der Waals surface area contributed by atoms with Crippen molar-refractivity contribution in [1.29, 1.82) is 0 Å². The highest BCUT2D eigenvalue weighted by Gasteiger charge is 2.61. The molecule has 1 spiro atoms. The molecule has 2 nitrogen and oxygen atoms in total. The van der Waals surface area contributed by atoms with Gasteiger partial charge in [0.1, 0.15) is 11.3 Å². The van der Waals surface area contributed by atoms with Gasteiger partial charge in [0.05, 0.1) is 5.69 Å². The van der Waals surface area contributed by atoms with Gasteiger partial charge in [0.15, 0.2) is 0 Å². The first-order valence-corrected chi connectivity index (χ1v) is 21.7. The number of nitrogens with zero attached hydrogens (tertiary/aromatic N) is 1. The lowest BCUT2D eigenvalue weighted by atomic mass is 9.60. The average molecular weight is 718 g/mol. The van der Waals surface area contributed by atoms with Crippen molar-refractivity contribution < 1.29 is 4.42 Å². The number of aryl methyl sites for hydroxylation is 1. The van der Waals surface area contributed by atoms with Gasteiger partial charge >= 0.3 is 0 Å². The van der Waals surface area contributed by atoms with E-state index in [1.54, 1.807) is 39.0 Å². The van der Waals surface area contributed by atoms with Gasteiger partial charge in [-0.3, -0.25) is 0 Å². The zero-order valence-electron chi connectivity index (χ0n) is 32.0. The molecule has 9 aliphatic rings. The van der Waals surface area contributed by atoms with Crippen molar-refractivity contribution in [3.8, 4) is 0 Å². The molecule has 2 heteroatoms. The number of allylic oxidation sites excluding steroid dienone is 18. The van der Waals surface area contributed by atoms with E-state index in [2.05, 4.69) is 120 Å². The zero-order chi connectivity index (χ0) is 36.1. The molecule has 1 aromatic heterocycles. The Bertz CT molecular complexity index is 2480. The number of hydrogen-bond acceptors (Lipinski definition) is 2. The fourth-order valence-corrected chi connectivity index (χ4v) is 12.8. The summed E-state index contributed by atoms with van der Waals surface area (Å²) in [6.45, 7) is 0. The zero-order valence-corrected chi connectivity index (χ0v) is 32.0. The molecule has 0 aliphatic heterocycles. The molecule has 0 bridgehead atoms. The molecule has 0 saturated heterocycles. The lowest BCUT2D eigenvalue weighted by Crippen LogP contribution is -2.38. The molecule has 0 amide bonds. The van der Waals surface area contributed by atoms with Gasteiger partial charge in [0, 0.05) is 33.7 Å². The van der Waals surface area contributed by atoms with E-state index in [1.807, 2.05) is 0 Å². The SMILES string of the molecule is C1=CCC(C2C=CC3C4=CCCC=C4C4(C5=C(CCC=C5)c5ccc(N(C6=CCCC7=C6CCCC7)c6cccc7oc8c(c67)CCC=C8)cc54)C3C2)C=C1. The molecule has 1 fully saturated rings. The summed E-state index contributed by atoms with van der Waals surface area (Å²) in [5.74, 6) is 3.16. The highest BCUT2D eigenvalue weighted by Crippen LogP contribution is 2.69. The molecule has 274 valence electrons. The smallest absolute Gasteiger partial charge is 0.137 e. The molecule has 12 rings (SSSR count). The number of anilines is 2. The molecule has 1 heterocycles. The molecule has 55 heavy (non-hydrogen) atoms. The molecule has 1 saturated carbocycles. The number of hydrogen-bond donors (Lipinski definition) is 0. The molecule has 0 radical (unpaired) electrons. The van der Waals surface area contributed by atoms with Crippen molar-refractivity contribution >= 4 is 34.0 Å². The summed E-state index contributed by atoms with van der Waals surface area (Å²) in [5.41, 5.74) is 19.2. The summed E-state index contributed by atoms with van der Waals surface area (Å²) in [6, 6.07) is 14.6. The molecule has 5 atom stereocenters. The molecule has 3 aromatic rings. The standard InChI is InChI=1S/C53H51NO/c1-2-14-34(15-3-1)36-28-30-41-39-19-6-9-22-44(39)53(46(41)32-36)45-23-10-7-20-40(45)42-31-29-37(33-47(42)53)54(48-24-12-17-35-16-4-5-18-38(35)48)49-25-13-27-51-52(49)43-21-8-11-26-50(43)55-51/h1-3,10-11,13-14,19,22-31,33-34,36,41,46H,4-9,12,15-18,20-21,32H2. The van der Waals surface area contributed by atoms with E-state index in [0.29, 0.717) is 23.7 Å². The summed E-state index contributed by atoms with van der Waals surface area (Å²) >= 11 is 0. The Morgan fingerprint density at radius 2 is 1.65 bits per heavy atom. The van der Waals surface area contributed by atoms with Gasteiger partial charge < -0.3 is 9.32 Å². The maximum absolute atomic E-state index is 6.62. The summed E-state index contributed by atoms with van der Waals surface area (Å²) in [7, 11) is 0. The summed E-state index contributed by atoms with van der Waals surface area (Å²) in [5, 5.41) is 1.30.